The highest BCUT2D eigenvalue weighted by Gasteiger charge is 2.02. The van der Waals surface area contributed by atoms with E-state index in [1.807, 2.05) is 37.0 Å². The van der Waals surface area contributed by atoms with E-state index >= 15 is 0 Å². The zero-order valence-corrected chi connectivity index (χ0v) is 8.23. The molecule has 0 spiro atoms. The van der Waals surface area contributed by atoms with Crippen LogP contribution >= 0.6 is 0 Å². The Morgan fingerprint density at radius 3 is 2.64 bits per heavy atom. The van der Waals surface area contributed by atoms with Gasteiger partial charge in [-0.3, -0.25) is 0 Å². The van der Waals surface area contributed by atoms with E-state index < -0.39 is 0 Å². The van der Waals surface area contributed by atoms with Gasteiger partial charge in [-0.25, -0.2) is 4.68 Å². The molecule has 1 aromatic carbocycles. The van der Waals surface area contributed by atoms with Crippen LogP contribution < -0.4 is 0 Å². The molecule has 0 bridgehead atoms. The SMILES string of the molecule is Cc1cnn(-c2ccc(O)cc2C)c1. The van der Waals surface area contributed by atoms with E-state index in [4.69, 9.17) is 0 Å². The molecule has 3 nitrogen and oxygen atoms in total. The van der Waals surface area contributed by atoms with E-state index in [0.717, 1.165) is 16.8 Å². The number of phenols is 1. The van der Waals surface area contributed by atoms with Crippen molar-refractivity contribution in [1.29, 1.82) is 0 Å². The molecule has 0 aliphatic rings. The molecule has 0 atom stereocenters. The van der Waals surface area contributed by atoms with Crippen LogP contribution in [0.2, 0.25) is 0 Å². The number of aromatic nitrogens is 2. The lowest BCUT2D eigenvalue weighted by Crippen LogP contribution is -1.96. The second-order valence-electron chi connectivity index (χ2n) is 3.43. The smallest absolute Gasteiger partial charge is 0.115 e. The summed E-state index contributed by atoms with van der Waals surface area (Å²) in [6, 6.07) is 5.25. The van der Waals surface area contributed by atoms with Crippen molar-refractivity contribution < 1.29 is 5.11 Å². The van der Waals surface area contributed by atoms with Crippen molar-refractivity contribution >= 4 is 0 Å². The highest BCUT2D eigenvalue weighted by Crippen LogP contribution is 2.18. The minimum atomic E-state index is 0.287. The van der Waals surface area contributed by atoms with Crippen LogP contribution in [0.4, 0.5) is 0 Å². The van der Waals surface area contributed by atoms with Crippen LogP contribution in [0, 0.1) is 13.8 Å². The third kappa shape index (κ3) is 1.48. The average Bonchev–Trinajstić information content (AvgIpc) is 2.51. The Hall–Kier alpha value is -1.77. The molecule has 0 unspecified atom stereocenters. The van der Waals surface area contributed by atoms with Gasteiger partial charge in [-0.05, 0) is 43.2 Å². The van der Waals surface area contributed by atoms with Crippen LogP contribution in [0.1, 0.15) is 11.1 Å². The average molecular weight is 188 g/mol. The Morgan fingerprint density at radius 2 is 2.07 bits per heavy atom. The molecule has 0 aliphatic carbocycles. The first-order chi connectivity index (χ1) is 6.66. The zero-order valence-electron chi connectivity index (χ0n) is 8.23. The molecule has 1 aromatic heterocycles. The maximum absolute atomic E-state index is 9.26. The first-order valence-electron chi connectivity index (χ1n) is 4.48. The van der Waals surface area contributed by atoms with Gasteiger partial charge < -0.3 is 5.11 Å². The Morgan fingerprint density at radius 1 is 1.29 bits per heavy atom. The summed E-state index contributed by atoms with van der Waals surface area (Å²) in [4.78, 5) is 0. The molecule has 14 heavy (non-hydrogen) atoms. The number of rotatable bonds is 1. The molecule has 0 radical (unpaired) electrons. The first-order valence-corrected chi connectivity index (χ1v) is 4.48. The fourth-order valence-electron chi connectivity index (χ4n) is 1.44. The predicted octanol–water partition coefficient (Wildman–Crippen LogP) is 2.19. The maximum atomic E-state index is 9.26. The molecule has 0 amide bonds. The molecular formula is C11H12N2O. The van der Waals surface area contributed by atoms with Crippen LogP contribution in [0.5, 0.6) is 5.75 Å². The number of hydrogen-bond acceptors (Lipinski definition) is 2. The normalized spacial score (nSPS) is 10.4. The lowest BCUT2D eigenvalue weighted by atomic mass is 10.2. The topological polar surface area (TPSA) is 38.0 Å². The molecule has 2 aromatic rings. The van der Waals surface area contributed by atoms with Crippen molar-refractivity contribution in [3.05, 3.63) is 41.7 Å². The van der Waals surface area contributed by atoms with Gasteiger partial charge in [-0.15, -0.1) is 0 Å². The van der Waals surface area contributed by atoms with E-state index in [9.17, 15) is 5.11 Å². The van der Waals surface area contributed by atoms with Crippen LogP contribution in [0.25, 0.3) is 5.69 Å². The lowest BCUT2D eigenvalue weighted by Gasteiger charge is -2.05. The van der Waals surface area contributed by atoms with Crippen molar-refractivity contribution in [3.63, 3.8) is 0 Å². The van der Waals surface area contributed by atoms with Gasteiger partial charge in [0.15, 0.2) is 0 Å². The number of aromatic hydroxyl groups is 1. The van der Waals surface area contributed by atoms with Gasteiger partial charge in [0.25, 0.3) is 0 Å². The van der Waals surface area contributed by atoms with Gasteiger partial charge >= 0.3 is 0 Å². The van der Waals surface area contributed by atoms with E-state index in [1.54, 1.807) is 12.1 Å². The molecule has 3 heteroatoms. The summed E-state index contributed by atoms with van der Waals surface area (Å²) < 4.78 is 1.81. The Labute approximate surface area is 82.6 Å². The fraction of sp³-hybridized carbons (Fsp3) is 0.182. The molecule has 0 saturated heterocycles. The molecule has 1 heterocycles. The summed E-state index contributed by atoms with van der Waals surface area (Å²) in [5.41, 5.74) is 3.13. The van der Waals surface area contributed by atoms with Gasteiger partial charge in [-0.1, -0.05) is 0 Å². The van der Waals surface area contributed by atoms with Gasteiger partial charge in [0, 0.05) is 6.20 Å². The third-order valence-corrected chi connectivity index (χ3v) is 2.14. The minimum Gasteiger partial charge on any atom is -0.508 e. The molecule has 0 saturated carbocycles. The number of nitrogens with zero attached hydrogens (tertiary/aromatic N) is 2. The molecule has 72 valence electrons. The Kier molecular flexibility index (Phi) is 2.00. The summed E-state index contributed by atoms with van der Waals surface area (Å²) in [6.45, 7) is 3.95. The first kappa shape index (κ1) is 8.81. The molecule has 1 N–H and O–H groups in total. The summed E-state index contributed by atoms with van der Waals surface area (Å²) in [7, 11) is 0. The quantitative estimate of drug-likeness (QED) is 0.745. The number of hydrogen-bond donors (Lipinski definition) is 1. The molecule has 0 fully saturated rings. The molecule has 2 rings (SSSR count). The second-order valence-corrected chi connectivity index (χ2v) is 3.43. The van der Waals surface area contributed by atoms with Crippen molar-refractivity contribution in [2.45, 2.75) is 13.8 Å². The lowest BCUT2D eigenvalue weighted by molar-refractivity contribution is 0.474. The predicted molar refractivity (Wildman–Crippen MR) is 54.7 cm³/mol. The fourth-order valence-corrected chi connectivity index (χ4v) is 1.44. The van der Waals surface area contributed by atoms with Crippen molar-refractivity contribution in [2.75, 3.05) is 0 Å². The van der Waals surface area contributed by atoms with E-state index in [2.05, 4.69) is 5.10 Å². The van der Waals surface area contributed by atoms with E-state index in [0.29, 0.717) is 0 Å². The van der Waals surface area contributed by atoms with Crippen molar-refractivity contribution in [1.82, 2.24) is 9.78 Å². The third-order valence-electron chi connectivity index (χ3n) is 2.14. The summed E-state index contributed by atoms with van der Waals surface area (Å²) in [5, 5.41) is 13.5. The highest BCUT2D eigenvalue weighted by molar-refractivity contribution is 5.44. The van der Waals surface area contributed by atoms with Crippen LogP contribution in [-0.4, -0.2) is 14.9 Å². The summed E-state index contributed by atoms with van der Waals surface area (Å²) >= 11 is 0. The monoisotopic (exact) mass is 188 g/mol. The molecular weight excluding hydrogens is 176 g/mol. The Bertz CT molecular complexity index is 460. The zero-order chi connectivity index (χ0) is 10.1. The number of benzene rings is 1. The molecule has 0 aliphatic heterocycles. The summed E-state index contributed by atoms with van der Waals surface area (Å²) in [5.74, 6) is 0.287. The standard InChI is InChI=1S/C11H12N2O/c1-8-6-12-13(7-8)11-4-3-10(14)5-9(11)2/h3-7,14H,1-2H3. The largest absolute Gasteiger partial charge is 0.508 e. The number of phenolic OH excluding ortho intramolecular Hbond substituents is 1. The van der Waals surface area contributed by atoms with Gasteiger partial charge in [0.1, 0.15) is 5.75 Å². The highest BCUT2D eigenvalue weighted by atomic mass is 16.3. The minimum absolute atomic E-state index is 0.287. The van der Waals surface area contributed by atoms with E-state index in [1.165, 1.54) is 0 Å². The van der Waals surface area contributed by atoms with Gasteiger partial charge in [0.05, 0.1) is 11.9 Å². The van der Waals surface area contributed by atoms with Crippen LogP contribution in [-0.2, 0) is 0 Å². The maximum Gasteiger partial charge on any atom is 0.115 e. The van der Waals surface area contributed by atoms with E-state index in [-0.39, 0.29) is 5.75 Å². The second kappa shape index (κ2) is 3.18. The van der Waals surface area contributed by atoms with Gasteiger partial charge in [0.2, 0.25) is 0 Å². The van der Waals surface area contributed by atoms with Crippen LogP contribution in [0.15, 0.2) is 30.6 Å². The van der Waals surface area contributed by atoms with Crippen molar-refractivity contribution in [2.24, 2.45) is 0 Å². The summed E-state index contributed by atoms with van der Waals surface area (Å²) in [6.07, 6.45) is 3.77. The number of aryl methyl sites for hydroxylation is 2. The van der Waals surface area contributed by atoms with Crippen LogP contribution in [0.3, 0.4) is 0 Å². The van der Waals surface area contributed by atoms with Crippen molar-refractivity contribution in [3.8, 4) is 11.4 Å². The van der Waals surface area contributed by atoms with Gasteiger partial charge in [-0.2, -0.15) is 5.10 Å². The Balaban J connectivity index is 2.52.